The lowest BCUT2D eigenvalue weighted by Crippen LogP contribution is -2.46. The van der Waals surface area contributed by atoms with E-state index in [1.807, 2.05) is 61.5 Å². The first kappa shape index (κ1) is 23.9. The van der Waals surface area contributed by atoms with Crippen LogP contribution in [0.4, 0.5) is 10.5 Å². The van der Waals surface area contributed by atoms with Crippen molar-refractivity contribution < 1.29 is 23.5 Å². The molecule has 1 atom stereocenters. The molecule has 1 N–H and O–H groups in total. The Balaban J connectivity index is 1.66. The SMILES string of the molecule is COc1cccc(-c2noc(C3=C(C)N(c4cc(OC)cc(OC)c4)C(=O)NC3c3ccccc3)n2)c1. The zero-order chi connectivity index (χ0) is 25.9. The maximum atomic E-state index is 13.5. The number of amides is 2. The fourth-order valence-electron chi connectivity index (χ4n) is 4.36. The zero-order valence-corrected chi connectivity index (χ0v) is 20.9. The number of methoxy groups -OCH3 is 3. The molecule has 0 aliphatic carbocycles. The minimum atomic E-state index is -0.504. The number of urea groups is 1. The summed E-state index contributed by atoms with van der Waals surface area (Å²) in [7, 11) is 4.73. The van der Waals surface area contributed by atoms with Crippen LogP contribution in [0.25, 0.3) is 17.0 Å². The van der Waals surface area contributed by atoms with Crippen molar-refractivity contribution in [3.05, 3.63) is 89.9 Å². The second kappa shape index (κ2) is 10.1. The highest BCUT2D eigenvalue weighted by Crippen LogP contribution is 2.40. The van der Waals surface area contributed by atoms with Gasteiger partial charge < -0.3 is 24.1 Å². The van der Waals surface area contributed by atoms with E-state index in [4.69, 9.17) is 23.7 Å². The molecule has 4 aromatic rings. The van der Waals surface area contributed by atoms with Gasteiger partial charge in [0.25, 0.3) is 5.89 Å². The molecule has 0 radical (unpaired) electrons. The van der Waals surface area contributed by atoms with Gasteiger partial charge in [0.05, 0.1) is 38.6 Å². The van der Waals surface area contributed by atoms with Crippen LogP contribution in [0.2, 0.25) is 0 Å². The number of carbonyl (C=O) groups is 1. The third-order valence-corrected chi connectivity index (χ3v) is 6.20. The molecule has 5 rings (SSSR count). The Bertz CT molecular complexity index is 1440. The Morgan fingerprint density at radius 2 is 1.57 bits per heavy atom. The van der Waals surface area contributed by atoms with Gasteiger partial charge in [0.15, 0.2) is 0 Å². The molecule has 37 heavy (non-hydrogen) atoms. The molecule has 1 unspecified atom stereocenters. The maximum Gasteiger partial charge on any atom is 0.327 e. The number of ether oxygens (including phenoxy) is 3. The minimum Gasteiger partial charge on any atom is -0.497 e. The predicted molar refractivity (Wildman–Crippen MR) is 139 cm³/mol. The van der Waals surface area contributed by atoms with E-state index in [9.17, 15) is 4.79 Å². The molecule has 3 aromatic carbocycles. The van der Waals surface area contributed by atoms with Crippen molar-refractivity contribution >= 4 is 17.3 Å². The quantitative estimate of drug-likeness (QED) is 0.361. The monoisotopic (exact) mass is 498 g/mol. The van der Waals surface area contributed by atoms with Gasteiger partial charge >= 0.3 is 6.03 Å². The standard InChI is InChI=1S/C28H26N4O5/c1-17-24(27-30-26(31-37-27)19-11-8-12-21(13-19)34-2)25(18-9-6-5-7-10-18)29-28(33)32(17)20-14-22(35-3)16-23(15-20)36-4/h5-16,25H,1-4H3,(H,29,33). The summed E-state index contributed by atoms with van der Waals surface area (Å²) >= 11 is 0. The largest absolute Gasteiger partial charge is 0.497 e. The first-order valence-corrected chi connectivity index (χ1v) is 11.6. The Labute approximate surface area is 214 Å². The Hall–Kier alpha value is -4.79. The van der Waals surface area contributed by atoms with Gasteiger partial charge in [-0.3, -0.25) is 4.90 Å². The minimum absolute atomic E-state index is 0.295. The lowest BCUT2D eigenvalue weighted by molar-refractivity contribution is 0.244. The Morgan fingerprint density at radius 1 is 0.865 bits per heavy atom. The van der Waals surface area contributed by atoms with Gasteiger partial charge in [0.2, 0.25) is 5.82 Å². The van der Waals surface area contributed by atoms with Crippen molar-refractivity contribution in [2.24, 2.45) is 0 Å². The van der Waals surface area contributed by atoms with E-state index < -0.39 is 6.04 Å². The molecule has 0 saturated heterocycles. The summed E-state index contributed by atoms with van der Waals surface area (Å²) in [6.07, 6.45) is 0. The van der Waals surface area contributed by atoms with Gasteiger partial charge in [0.1, 0.15) is 17.2 Å². The maximum absolute atomic E-state index is 13.5. The molecule has 0 spiro atoms. The summed E-state index contributed by atoms with van der Waals surface area (Å²) in [6, 6.07) is 21.5. The molecule has 0 fully saturated rings. The highest BCUT2D eigenvalue weighted by Gasteiger charge is 2.36. The average Bonchev–Trinajstić information content (AvgIpc) is 3.43. The normalized spacial score (nSPS) is 15.4. The van der Waals surface area contributed by atoms with Crippen LogP contribution in [0.15, 0.2) is 83.0 Å². The molecule has 9 nitrogen and oxygen atoms in total. The molecular formula is C28H26N4O5. The van der Waals surface area contributed by atoms with Crippen LogP contribution in [0.3, 0.4) is 0 Å². The van der Waals surface area contributed by atoms with Crippen LogP contribution in [0.5, 0.6) is 17.2 Å². The number of hydrogen-bond donors (Lipinski definition) is 1. The lowest BCUT2D eigenvalue weighted by Gasteiger charge is -2.35. The number of aromatic nitrogens is 2. The molecule has 1 aliphatic heterocycles. The van der Waals surface area contributed by atoms with Crippen molar-refractivity contribution in [2.75, 3.05) is 26.2 Å². The van der Waals surface area contributed by atoms with Crippen LogP contribution >= 0.6 is 0 Å². The number of allylic oxidation sites excluding steroid dienone is 1. The molecule has 2 heterocycles. The highest BCUT2D eigenvalue weighted by molar-refractivity contribution is 6.01. The number of nitrogens with zero attached hydrogens (tertiary/aromatic N) is 3. The van der Waals surface area contributed by atoms with E-state index in [1.165, 1.54) is 0 Å². The second-order valence-corrected chi connectivity index (χ2v) is 8.35. The Kier molecular flexibility index (Phi) is 6.51. The summed E-state index contributed by atoms with van der Waals surface area (Å²) in [5, 5.41) is 7.33. The smallest absolute Gasteiger partial charge is 0.327 e. The van der Waals surface area contributed by atoms with E-state index in [2.05, 4.69) is 10.5 Å². The number of benzene rings is 3. The first-order valence-electron chi connectivity index (χ1n) is 11.6. The molecule has 9 heteroatoms. The van der Waals surface area contributed by atoms with E-state index >= 15 is 0 Å². The van der Waals surface area contributed by atoms with Crippen LogP contribution < -0.4 is 24.4 Å². The van der Waals surface area contributed by atoms with Gasteiger partial charge in [-0.2, -0.15) is 4.98 Å². The fourth-order valence-corrected chi connectivity index (χ4v) is 4.36. The van der Waals surface area contributed by atoms with Crippen LogP contribution in [0.1, 0.15) is 24.4 Å². The van der Waals surface area contributed by atoms with Crippen molar-refractivity contribution in [3.63, 3.8) is 0 Å². The van der Waals surface area contributed by atoms with E-state index in [1.54, 1.807) is 44.4 Å². The molecule has 1 aromatic heterocycles. The highest BCUT2D eigenvalue weighted by atomic mass is 16.5. The summed E-state index contributed by atoms with van der Waals surface area (Å²) < 4.78 is 22.0. The molecule has 188 valence electrons. The summed E-state index contributed by atoms with van der Waals surface area (Å²) in [4.78, 5) is 19.7. The zero-order valence-electron chi connectivity index (χ0n) is 20.9. The summed E-state index contributed by atoms with van der Waals surface area (Å²) in [5.41, 5.74) is 3.51. The second-order valence-electron chi connectivity index (χ2n) is 8.35. The third kappa shape index (κ3) is 4.58. The van der Waals surface area contributed by atoms with E-state index in [-0.39, 0.29) is 6.03 Å². The van der Waals surface area contributed by atoms with Crippen molar-refractivity contribution in [1.29, 1.82) is 0 Å². The number of anilines is 1. The van der Waals surface area contributed by atoms with Crippen molar-refractivity contribution in [3.8, 4) is 28.6 Å². The number of rotatable bonds is 7. The number of carbonyl (C=O) groups excluding carboxylic acids is 1. The topological polar surface area (TPSA) is 99.0 Å². The van der Waals surface area contributed by atoms with Crippen LogP contribution in [-0.4, -0.2) is 37.5 Å². The molecule has 1 aliphatic rings. The first-order chi connectivity index (χ1) is 18.0. The Morgan fingerprint density at radius 3 is 2.24 bits per heavy atom. The van der Waals surface area contributed by atoms with Gasteiger partial charge in [-0.05, 0) is 24.6 Å². The predicted octanol–water partition coefficient (Wildman–Crippen LogP) is 5.46. The summed E-state index contributed by atoms with van der Waals surface area (Å²) in [6.45, 7) is 1.85. The van der Waals surface area contributed by atoms with E-state index in [0.717, 1.165) is 11.1 Å². The molecular weight excluding hydrogens is 472 g/mol. The van der Waals surface area contributed by atoms with E-state index in [0.29, 0.717) is 45.9 Å². The molecule has 2 amide bonds. The number of nitrogens with one attached hydrogen (secondary N) is 1. The average molecular weight is 499 g/mol. The van der Waals surface area contributed by atoms with Gasteiger partial charge in [-0.15, -0.1) is 0 Å². The molecule has 0 bridgehead atoms. The van der Waals surface area contributed by atoms with Crippen molar-refractivity contribution in [1.82, 2.24) is 15.5 Å². The molecule has 0 saturated carbocycles. The van der Waals surface area contributed by atoms with Crippen molar-refractivity contribution in [2.45, 2.75) is 13.0 Å². The van der Waals surface area contributed by atoms with Gasteiger partial charge in [0, 0.05) is 29.5 Å². The van der Waals surface area contributed by atoms with Gasteiger partial charge in [-0.1, -0.05) is 47.6 Å². The van der Waals surface area contributed by atoms with Crippen LogP contribution in [-0.2, 0) is 0 Å². The summed E-state index contributed by atoms with van der Waals surface area (Å²) in [5.74, 6) is 2.50. The van der Waals surface area contributed by atoms with Crippen LogP contribution in [0, 0.1) is 0 Å². The lowest BCUT2D eigenvalue weighted by atomic mass is 9.94. The fraction of sp³-hybridized carbons (Fsp3) is 0.179. The van der Waals surface area contributed by atoms with Gasteiger partial charge in [-0.25, -0.2) is 4.79 Å². The third-order valence-electron chi connectivity index (χ3n) is 6.20. The number of hydrogen-bond acceptors (Lipinski definition) is 7.